The van der Waals surface area contributed by atoms with Gasteiger partial charge in [-0.15, -0.1) is 0 Å². The summed E-state index contributed by atoms with van der Waals surface area (Å²) in [6.45, 7) is 7.36. The van der Waals surface area contributed by atoms with Gasteiger partial charge in [-0.25, -0.2) is 4.98 Å². The predicted octanol–water partition coefficient (Wildman–Crippen LogP) is 3.63. The van der Waals surface area contributed by atoms with E-state index in [1.807, 2.05) is 39.1 Å². The molecule has 0 radical (unpaired) electrons. The van der Waals surface area contributed by atoms with Gasteiger partial charge in [-0.3, -0.25) is 10.2 Å². The number of aromatic nitrogens is 1. The standard InChI is InChI=1S/C22H30N6O2.C2H6/c1-24-9-12-30-21-15-20(28-10-4-2-3-5-11-28)14-19(26-21)16-25-27-18-8-6-7-17(13-18)22(23)29;1-2/h6-8,13-16,24,27H,2-5,9-12H2,1H3,(H2,23,29);1-2H3/b25-16+;. The minimum absolute atomic E-state index is 0.428. The van der Waals surface area contributed by atoms with Crippen molar-refractivity contribution in [1.82, 2.24) is 10.3 Å². The van der Waals surface area contributed by atoms with Crippen LogP contribution < -0.4 is 26.1 Å². The van der Waals surface area contributed by atoms with Crippen molar-refractivity contribution in [2.24, 2.45) is 10.8 Å². The Morgan fingerprint density at radius 3 is 2.62 bits per heavy atom. The Balaban J connectivity index is 0.00000176. The minimum atomic E-state index is -0.474. The van der Waals surface area contributed by atoms with Crippen molar-refractivity contribution in [1.29, 1.82) is 0 Å². The fraction of sp³-hybridized carbons (Fsp3) is 0.458. The molecule has 1 aliphatic rings. The summed E-state index contributed by atoms with van der Waals surface area (Å²) < 4.78 is 5.82. The molecule has 0 atom stereocenters. The summed E-state index contributed by atoms with van der Waals surface area (Å²) in [5, 5.41) is 7.35. The summed E-state index contributed by atoms with van der Waals surface area (Å²) in [6.07, 6.45) is 6.59. The largest absolute Gasteiger partial charge is 0.476 e. The first-order valence-corrected chi connectivity index (χ1v) is 11.4. The van der Waals surface area contributed by atoms with Crippen molar-refractivity contribution in [3.8, 4) is 5.88 Å². The number of hydrogen-bond donors (Lipinski definition) is 3. The highest BCUT2D eigenvalue weighted by Crippen LogP contribution is 2.24. The lowest BCUT2D eigenvalue weighted by Crippen LogP contribution is -2.24. The van der Waals surface area contributed by atoms with E-state index in [1.165, 1.54) is 25.7 Å². The van der Waals surface area contributed by atoms with E-state index in [0.717, 1.165) is 25.3 Å². The Morgan fingerprint density at radius 1 is 1.19 bits per heavy atom. The van der Waals surface area contributed by atoms with Crippen molar-refractivity contribution in [2.75, 3.05) is 43.6 Å². The number of amides is 1. The monoisotopic (exact) mass is 440 g/mol. The number of benzene rings is 1. The molecule has 2 heterocycles. The third kappa shape index (κ3) is 8.19. The summed E-state index contributed by atoms with van der Waals surface area (Å²) >= 11 is 0. The highest BCUT2D eigenvalue weighted by molar-refractivity contribution is 5.93. The minimum Gasteiger partial charge on any atom is -0.476 e. The molecule has 4 N–H and O–H groups in total. The maximum Gasteiger partial charge on any atom is 0.248 e. The molecular formula is C24H36N6O2. The average molecular weight is 441 g/mol. The number of hydrogen-bond acceptors (Lipinski definition) is 7. The predicted molar refractivity (Wildman–Crippen MR) is 132 cm³/mol. The summed E-state index contributed by atoms with van der Waals surface area (Å²) in [4.78, 5) is 18.3. The van der Waals surface area contributed by atoms with Gasteiger partial charge in [0, 0.05) is 37.0 Å². The highest BCUT2D eigenvalue weighted by Gasteiger charge is 2.13. The Hall–Kier alpha value is -3.13. The maximum atomic E-state index is 11.3. The van der Waals surface area contributed by atoms with Crippen molar-refractivity contribution >= 4 is 23.5 Å². The van der Waals surface area contributed by atoms with Crippen LogP contribution in [-0.2, 0) is 0 Å². The number of pyridine rings is 1. The van der Waals surface area contributed by atoms with Crippen LogP contribution in [0.2, 0.25) is 0 Å². The zero-order chi connectivity index (χ0) is 23.2. The molecule has 2 aromatic rings. The molecular weight excluding hydrogens is 404 g/mol. The Labute approximate surface area is 191 Å². The van der Waals surface area contributed by atoms with Crippen LogP contribution in [-0.4, -0.2) is 50.4 Å². The van der Waals surface area contributed by atoms with E-state index in [2.05, 4.69) is 25.7 Å². The van der Waals surface area contributed by atoms with Crippen LogP contribution >= 0.6 is 0 Å². The molecule has 1 aromatic heterocycles. The maximum absolute atomic E-state index is 11.3. The molecule has 1 saturated heterocycles. The third-order valence-electron chi connectivity index (χ3n) is 4.92. The normalized spacial score (nSPS) is 13.8. The average Bonchev–Trinajstić information content (AvgIpc) is 3.10. The number of nitrogens with two attached hydrogens (primary N) is 1. The Morgan fingerprint density at radius 2 is 1.94 bits per heavy atom. The van der Waals surface area contributed by atoms with Gasteiger partial charge >= 0.3 is 0 Å². The molecule has 0 bridgehead atoms. The second-order valence-electron chi connectivity index (χ2n) is 7.26. The van der Waals surface area contributed by atoms with E-state index in [0.29, 0.717) is 29.4 Å². The van der Waals surface area contributed by atoms with Crippen LogP contribution in [0.15, 0.2) is 41.5 Å². The number of ether oxygens (including phenoxy) is 1. The summed E-state index contributed by atoms with van der Waals surface area (Å²) in [6, 6.07) is 10.9. The topological polar surface area (TPSA) is 105 Å². The highest BCUT2D eigenvalue weighted by atomic mass is 16.5. The van der Waals surface area contributed by atoms with Gasteiger partial charge in [0.2, 0.25) is 11.8 Å². The van der Waals surface area contributed by atoms with Gasteiger partial charge in [0.05, 0.1) is 17.6 Å². The van der Waals surface area contributed by atoms with Crippen LogP contribution in [0.3, 0.4) is 0 Å². The van der Waals surface area contributed by atoms with Gasteiger partial charge in [0.25, 0.3) is 0 Å². The molecule has 1 fully saturated rings. The van der Waals surface area contributed by atoms with Crippen LogP contribution in [0.5, 0.6) is 5.88 Å². The van der Waals surface area contributed by atoms with Gasteiger partial charge in [-0.1, -0.05) is 32.8 Å². The fourth-order valence-electron chi connectivity index (χ4n) is 3.34. The number of carbonyl (C=O) groups excluding carboxylic acids is 1. The lowest BCUT2D eigenvalue weighted by molar-refractivity contribution is 0.100. The van der Waals surface area contributed by atoms with Gasteiger partial charge in [0.15, 0.2) is 0 Å². The second kappa shape index (κ2) is 14.0. The quantitative estimate of drug-likeness (QED) is 0.312. The van der Waals surface area contributed by atoms with Crippen LogP contribution in [0.25, 0.3) is 0 Å². The number of rotatable bonds is 9. The molecule has 8 heteroatoms. The summed E-state index contributed by atoms with van der Waals surface area (Å²) in [5.74, 6) is 0.113. The number of hydrazone groups is 1. The van der Waals surface area contributed by atoms with E-state index >= 15 is 0 Å². The SMILES string of the molecule is CC.CNCCOc1cc(N2CCCCCC2)cc(/C=N/Nc2cccc(C(N)=O)c2)n1. The fourth-order valence-corrected chi connectivity index (χ4v) is 3.34. The van der Waals surface area contributed by atoms with Gasteiger partial charge in [-0.2, -0.15) is 5.10 Å². The first-order valence-electron chi connectivity index (χ1n) is 11.4. The Kier molecular flexibility index (Phi) is 11.0. The number of carbonyl (C=O) groups is 1. The molecule has 1 amide bonds. The van der Waals surface area contributed by atoms with Crippen molar-refractivity contribution in [3.05, 3.63) is 47.7 Å². The van der Waals surface area contributed by atoms with E-state index < -0.39 is 5.91 Å². The summed E-state index contributed by atoms with van der Waals surface area (Å²) in [7, 11) is 1.89. The zero-order valence-electron chi connectivity index (χ0n) is 19.4. The Bertz CT molecular complexity index is 863. The van der Waals surface area contributed by atoms with Crippen molar-refractivity contribution in [3.63, 3.8) is 0 Å². The van der Waals surface area contributed by atoms with Gasteiger partial charge < -0.3 is 20.7 Å². The first kappa shape index (κ1) is 25.1. The molecule has 1 aliphatic heterocycles. The molecule has 8 nitrogen and oxygen atoms in total. The zero-order valence-corrected chi connectivity index (χ0v) is 19.4. The second-order valence-corrected chi connectivity index (χ2v) is 7.26. The third-order valence-corrected chi connectivity index (χ3v) is 4.92. The number of primary amides is 1. The van der Waals surface area contributed by atoms with E-state index in [9.17, 15) is 4.79 Å². The molecule has 1 aromatic carbocycles. The van der Waals surface area contributed by atoms with E-state index in [-0.39, 0.29) is 0 Å². The molecule has 174 valence electrons. The summed E-state index contributed by atoms with van der Waals surface area (Å²) in [5.41, 5.74) is 11.2. The van der Waals surface area contributed by atoms with E-state index in [1.54, 1.807) is 24.4 Å². The van der Waals surface area contributed by atoms with Crippen LogP contribution in [0.1, 0.15) is 55.6 Å². The lowest BCUT2D eigenvalue weighted by atomic mass is 10.2. The number of nitrogens with zero attached hydrogens (tertiary/aromatic N) is 3. The molecule has 0 unspecified atom stereocenters. The van der Waals surface area contributed by atoms with Crippen LogP contribution in [0.4, 0.5) is 11.4 Å². The van der Waals surface area contributed by atoms with Crippen molar-refractivity contribution < 1.29 is 9.53 Å². The van der Waals surface area contributed by atoms with Gasteiger partial charge in [0.1, 0.15) is 6.61 Å². The molecule has 0 saturated carbocycles. The number of anilines is 2. The first-order chi connectivity index (χ1) is 15.7. The van der Waals surface area contributed by atoms with Crippen molar-refractivity contribution in [2.45, 2.75) is 39.5 Å². The molecule has 0 aliphatic carbocycles. The van der Waals surface area contributed by atoms with E-state index in [4.69, 9.17) is 10.5 Å². The molecule has 3 rings (SSSR count). The lowest BCUT2D eigenvalue weighted by Gasteiger charge is -2.23. The smallest absolute Gasteiger partial charge is 0.248 e. The van der Waals surface area contributed by atoms with Gasteiger partial charge in [-0.05, 0) is 44.2 Å². The van der Waals surface area contributed by atoms with Crippen LogP contribution in [0, 0.1) is 0 Å². The molecule has 32 heavy (non-hydrogen) atoms. The number of nitrogens with one attached hydrogen (secondary N) is 2. The number of likely N-dealkylation sites (N-methyl/N-ethyl adjacent to an activating group) is 1. The molecule has 0 spiro atoms.